The number of nitrogens with zero attached hydrogens (tertiary/aromatic N) is 1. The first-order chi connectivity index (χ1) is 13.8. The second-order valence-corrected chi connectivity index (χ2v) is 9.71. The third-order valence-corrected chi connectivity index (χ3v) is 6.92. The molecule has 1 aromatic heterocycles. The van der Waals surface area contributed by atoms with Crippen molar-refractivity contribution in [3.8, 4) is 11.4 Å². The van der Waals surface area contributed by atoms with E-state index in [0.717, 1.165) is 29.4 Å². The molecule has 29 heavy (non-hydrogen) atoms. The SMILES string of the molecule is C[C@H]1CCC2(COCC(C)(C)c3c2c2c(O)cccc2n3-c2ccc(F)cc2)C1. The zero-order chi connectivity index (χ0) is 20.4. The maximum absolute atomic E-state index is 13.7. The van der Waals surface area contributed by atoms with Crippen LogP contribution in [0.5, 0.6) is 5.75 Å². The number of halogens is 1. The zero-order valence-corrected chi connectivity index (χ0v) is 17.3. The molecule has 0 saturated heterocycles. The number of benzene rings is 2. The Morgan fingerprint density at radius 1 is 1.10 bits per heavy atom. The second-order valence-electron chi connectivity index (χ2n) is 9.71. The quantitative estimate of drug-likeness (QED) is 0.563. The Morgan fingerprint density at radius 2 is 1.86 bits per heavy atom. The summed E-state index contributed by atoms with van der Waals surface area (Å²) >= 11 is 0. The minimum atomic E-state index is -0.247. The topological polar surface area (TPSA) is 34.4 Å². The van der Waals surface area contributed by atoms with E-state index in [-0.39, 0.29) is 16.6 Å². The van der Waals surface area contributed by atoms with Crippen molar-refractivity contribution in [1.29, 1.82) is 0 Å². The predicted octanol–water partition coefficient (Wildman–Crippen LogP) is 5.84. The van der Waals surface area contributed by atoms with Crippen LogP contribution in [0, 0.1) is 11.7 Å². The van der Waals surface area contributed by atoms with Crippen LogP contribution >= 0.6 is 0 Å². The van der Waals surface area contributed by atoms with Crippen molar-refractivity contribution >= 4 is 10.9 Å². The molecular formula is C25H28FNO2. The molecule has 3 aromatic rings. The second kappa shape index (κ2) is 6.33. The van der Waals surface area contributed by atoms with Crippen LogP contribution in [-0.2, 0) is 15.6 Å². The van der Waals surface area contributed by atoms with Crippen LogP contribution in [0.3, 0.4) is 0 Å². The van der Waals surface area contributed by atoms with Crippen molar-refractivity contribution in [3.63, 3.8) is 0 Å². The molecule has 0 amide bonds. The van der Waals surface area contributed by atoms with Gasteiger partial charge in [-0.3, -0.25) is 0 Å². The van der Waals surface area contributed by atoms with Crippen LogP contribution in [0.1, 0.15) is 51.3 Å². The Morgan fingerprint density at radius 3 is 2.55 bits per heavy atom. The minimum Gasteiger partial charge on any atom is -0.507 e. The Bertz CT molecular complexity index is 1080. The number of phenols is 1. The first-order valence-corrected chi connectivity index (χ1v) is 10.5. The molecule has 1 aliphatic heterocycles. The van der Waals surface area contributed by atoms with Crippen molar-refractivity contribution in [2.45, 2.75) is 50.9 Å². The predicted molar refractivity (Wildman–Crippen MR) is 113 cm³/mol. The lowest BCUT2D eigenvalue weighted by Crippen LogP contribution is -2.29. The normalized spacial score (nSPS) is 26.0. The summed E-state index contributed by atoms with van der Waals surface area (Å²) in [6, 6.07) is 12.4. The first kappa shape index (κ1) is 18.7. The average Bonchev–Trinajstić information content (AvgIpc) is 3.20. The van der Waals surface area contributed by atoms with E-state index >= 15 is 0 Å². The van der Waals surface area contributed by atoms with Gasteiger partial charge in [-0.2, -0.15) is 0 Å². The van der Waals surface area contributed by atoms with E-state index in [1.807, 2.05) is 18.2 Å². The number of fused-ring (bicyclic) bond motifs is 4. The van der Waals surface area contributed by atoms with Gasteiger partial charge in [0.1, 0.15) is 11.6 Å². The summed E-state index contributed by atoms with van der Waals surface area (Å²) < 4.78 is 22.2. The number of hydrogen-bond donors (Lipinski definition) is 1. The number of aromatic nitrogens is 1. The molecule has 1 fully saturated rings. The molecule has 2 heterocycles. The van der Waals surface area contributed by atoms with Crippen molar-refractivity contribution in [3.05, 3.63) is 59.5 Å². The lowest BCUT2D eigenvalue weighted by atomic mass is 9.74. The highest BCUT2D eigenvalue weighted by molar-refractivity contribution is 5.94. The van der Waals surface area contributed by atoms with Crippen LogP contribution in [0.2, 0.25) is 0 Å². The first-order valence-electron chi connectivity index (χ1n) is 10.5. The van der Waals surface area contributed by atoms with Crippen molar-refractivity contribution in [2.24, 2.45) is 5.92 Å². The number of hydrogen-bond acceptors (Lipinski definition) is 2. The van der Waals surface area contributed by atoms with Gasteiger partial charge in [-0.15, -0.1) is 0 Å². The fourth-order valence-corrected chi connectivity index (χ4v) is 5.73. The highest BCUT2D eigenvalue weighted by Gasteiger charge is 2.48. The summed E-state index contributed by atoms with van der Waals surface area (Å²) in [7, 11) is 0. The van der Waals surface area contributed by atoms with Gasteiger partial charge in [-0.05, 0) is 67.1 Å². The summed E-state index contributed by atoms with van der Waals surface area (Å²) in [6.07, 6.45) is 3.29. The van der Waals surface area contributed by atoms with Gasteiger partial charge in [0, 0.05) is 27.6 Å². The Labute approximate surface area is 171 Å². The molecule has 152 valence electrons. The van der Waals surface area contributed by atoms with Gasteiger partial charge >= 0.3 is 0 Å². The molecule has 0 radical (unpaired) electrons. The van der Waals surface area contributed by atoms with Crippen LogP contribution in [0.15, 0.2) is 42.5 Å². The largest absolute Gasteiger partial charge is 0.507 e. The summed E-state index contributed by atoms with van der Waals surface area (Å²) in [5.41, 5.74) is 3.99. The van der Waals surface area contributed by atoms with E-state index in [1.165, 1.54) is 29.8 Å². The average molecular weight is 394 g/mol. The summed E-state index contributed by atoms with van der Waals surface area (Å²) in [6.45, 7) is 8.03. The van der Waals surface area contributed by atoms with Crippen LogP contribution in [-0.4, -0.2) is 22.9 Å². The standard InChI is InChI=1S/C25H28FNO2/c1-16-11-12-25(13-16)15-29-14-24(2,3)23-22(25)21-19(5-4-6-20(21)28)27(23)18-9-7-17(26)8-10-18/h4-10,16,28H,11-15H2,1-3H3/t16-,25?/m0/s1. The van der Waals surface area contributed by atoms with Gasteiger partial charge in [-0.25, -0.2) is 4.39 Å². The molecule has 1 aliphatic carbocycles. The summed E-state index contributed by atoms with van der Waals surface area (Å²) in [4.78, 5) is 0. The van der Waals surface area contributed by atoms with Crippen molar-refractivity contribution < 1.29 is 14.2 Å². The van der Waals surface area contributed by atoms with E-state index in [4.69, 9.17) is 4.74 Å². The fraction of sp³-hybridized carbons (Fsp3) is 0.440. The van der Waals surface area contributed by atoms with Crippen LogP contribution in [0.4, 0.5) is 4.39 Å². The third kappa shape index (κ3) is 2.72. The molecule has 1 spiro atoms. The number of ether oxygens (including phenoxy) is 1. The Kier molecular flexibility index (Phi) is 4.08. The lowest BCUT2D eigenvalue weighted by molar-refractivity contribution is 0.0654. The molecule has 2 atom stereocenters. The number of phenolic OH excluding ortho intramolecular Hbond substituents is 1. The van der Waals surface area contributed by atoms with Crippen LogP contribution in [0.25, 0.3) is 16.6 Å². The van der Waals surface area contributed by atoms with E-state index in [2.05, 4.69) is 31.4 Å². The van der Waals surface area contributed by atoms with Gasteiger partial charge in [-0.1, -0.05) is 26.8 Å². The molecule has 4 heteroatoms. The van der Waals surface area contributed by atoms with Gasteiger partial charge in [0.15, 0.2) is 0 Å². The van der Waals surface area contributed by atoms with Gasteiger partial charge in [0.05, 0.1) is 18.7 Å². The highest BCUT2D eigenvalue weighted by Crippen LogP contribution is 2.54. The zero-order valence-electron chi connectivity index (χ0n) is 17.3. The molecular weight excluding hydrogens is 365 g/mol. The van der Waals surface area contributed by atoms with E-state index in [1.54, 1.807) is 6.07 Å². The minimum absolute atomic E-state index is 0.0924. The molecule has 1 saturated carbocycles. The van der Waals surface area contributed by atoms with Gasteiger partial charge in [0.2, 0.25) is 0 Å². The Hall–Kier alpha value is -2.33. The molecule has 1 unspecified atom stereocenters. The molecule has 1 N–H and O–H groups in total. The Balaban J connectivity index is 1.94. The van der Waals surface area contributed by atoms with Gasteiger partial charge in [0.25, 0.3) is 0 Å². The molecule has 2 aliphatic rings. The van der Waals surface area contributed by atoms with E-state index in [0.29, 0.717) is 24.9 Å². The van der Waals surface area contributed by atoms with Crippen LogP contribution < -0.4 is 0 Å². The molecule has 2 aromatic carbocycles. The molecule has 3 nitrogen and oxygen atoms in total. The molecule has 5 rings (SSSR count). The smallest absolute Gasteiger partial charge is 0.125 e. The number of aromatic hydroxyl groups is 1. The maximum Gasteiger partial charge on any atom is 0.125 e. The van der Waals surface area contributed by atoms with E-state index in [9.17, 15) is 9.50 Å². The monoisotopic (exact) mass is 393 g/mol. The summed E-state index contributed by atoms with van der Waals surface area (Å²) in [5, 5.41) is 11.9. The number of rotatable bonds is 1. The highest BCUT2D eigenvalue weighted by atomic mass is 19.1. The third-order valence-electron chi connectivity index (χ3n) is 6.92. The maximum atomic E-state index is 13.7. The lowest BCUT2D eigenvalue weighted by Gasteiger charge is -2.30. The summed E-state index contributed by atoms with van der Waals surface area (Å²) in [5.74, 6) is 0.696. The van der Waals surface area contributed by atoms with Gasteiger partial charge < -0.3 is 14.4 Å². The van der Waals surface area contributed by atoms with Crippen molar-refractivity contribution in [1.82, 2.24) is 4.57 Å². The van der Waals surface area contributed by atoms with E-state index < -0.39 is 0 Å². The van der Waals surface area contributed by atoms with Crippen molar-refractivity contribution in [2.75, 3.05) is 13.2 Å². The molecule has 0 bridgehead atoms. The fourth-order valence-electron chi connectivity index (χ4n) is 5.73.